The minimum atomic E-state index is 0.301. The fourth-order valence-electron chi connectivity index (χ4n) is 1.54. The van der Waals surface area contributed by atoms with Crippen molar-refractivity contribution in [2.75, 3.05) is 6.61 Å². The van der Waals surface area contributed by atoms with Crippen molar-refractivity contribution in [3.8, 4) is 11.5 Å². The van der Waals surface area contributed by atoms with Crippen LogP contribution in [0.25, 0.3) is 10.1 Å². The SMILES string of the molecule is CCOc1c(C)sc2cccc(O)c12. The lowest BCUT2D eigenvalue weighted by Gasteiger charge is -2.03. The monoisotopic (exact) mass is 208 g/mol. The normalized spacial score (nSPS) is 10.7. The number of thiophene rings is 1. The fraction of sp³-hybridized carbons (Fsp3) is 0.273. The number of aryl methyl sites for hydroxylation is 1. The summed E-state index contributed by atoms with van der Waals surface area (Å²) < 4.78 is 6.60. The molecule has 0 radical (unpaired) electrons. The first-order valence-corrected chi connectivity index (χ1v) is 5.39. The maximum atomic E-state index is 9.72. The molecule has 3 heteroatoms. The number of hydrogen-bond acceptors (Lipinski definition) is 3. The lowest BCUT2D eigenvalue weighted by Crippen LogP contribution is -1.91. The molecule has 14 heavy (non-hydrogen) atoms. The number of benzene rings is 1. The highest BCUT2D eigenvalue weighted by Gasteiger charge is 2.12. The van der Waals surface area contributed by atoms with E-state index in [1.54, 1.807) is 17.4 Å². The van der Waals surface area contributed by atoms with E-state index < -0.39 is 0 Å². The van der Waals surface area contributed by atoms with E-state index in [1.807, 2.05) is 26.0 Å². The van der Waals surface area contributed by atoms with Crippen molar-refractivity contribution in [2.45, 2.75) is 13.8 Å². The molecule has 2 aromatic rings. The van der Waals surface area contributed by atoms with Gasteiger partial charge in [0.1, 0.15) is 11.5 Å². The summed E-state index contributed by atoms with van der Waals surface area (Å²) in [5.41, 5.74) is 0. The minimum absolute atomic E-state index is 0.301. The summed E-state index contributed by atoms with van der Waals surface area (Å²) in [4.78, 5) is 1.11. The molecule has 2 rings (SSSR count). The lowest BCUT2D eigenvalue weighted by atomic mass is 10.2. The van der Waals surface area contributed by atoms with E-state index in [2.05, 4.69) is 0 Å². The number of ether oxygens (including phenoxy) is 1. The molecule has 1 aromatic heterocycles. The summed E-state index contributed by atoms with van der Waals surface area (Å²) in [6.45, 7) is 4.58. The Balaban J connectivity index is 2.73. The van der Waals surface area contributed by atoms with Crippen LogP contribution in [0.1, 0.15) is 11.8 Å². The first-order valence-electron chi connectivity index (χ1n) is 4.58. The molecule has 74 valence electrons. The smallest absolute Gasteiger partial charge is 0.144 e. The molecule has 0 spiro atoms. The van der Waals surface area contributed by atoms with Gasteiger partial charge in [0.05, 0.1) is 12.0 Å². The minimum Gasteiger partial charge on any atom is -0.507 e. The quantitative estimate of drug-likeness (QED) is 0.820. The van der Waals surface area contributed by atoms with E-state index >= 15 is 0 Å². The molecule has 0 atom stereocenters. The predicted octanol–water partition coefficient (Wildman–Crippen LogP) is 3.31. The number of aromatic hydroxyl groups is 1. The highest BCUT2D eigenvalue weighted by molar-refractivity contribution is 7.19. The summed E-state index contributed by atoms with van der Waals surface area (Å²) >= 11 is 1.65. The van der Waals surface area contributed by atoms with Gasteiger partial charge in [0.15, 0.2) is 0 Å². The molecule has 0 bridgehead atoms. The molecule has 0 unspecified atom stereocenters. The van der Waals surface area contributed by atoms with E-state index in [9.17, 15) is 5.11 Å². The van der Waals surface area contributed by atoms with Crippen LogP contribution in [0.2, 0.25) is 0 Å². The lowest BCUT2D eigenvalue weighted by molar-refractivity contribution is 0.342. The van der Waals surface area contributed by atoms with Crippen LogP contribution in [0, 0.1) is 6.92 Å². The fourth-order valence-corrected chi connectivity index (χ4v) is 2.57. The molecular weight excluding hydrogens is 196 g/mol. The van der Waals surface area contributed by atoms with Gasteiger partial charge in [0, 0.05) is 9.58 Å². The average Bonchev–Trinajstić information content (AvgIpc) is 2.45. The molecule has 1 aromatic carbocycles. The second kappa shape index (κ2) is 3.50. The van der Waals surface area contributed by atoms with Crippen LogP contribution in [-0.2, 0) is 0 Å². The number of phenols is 1. The standard InChI is InChI=1S/C11H12O2S/c1-3-13-11-7(2)14-9-6-4-5-8(12)10(9)11/h4-6,12H,3H2,1-2H3. The third-order valence-corrected chi connectivity index (χ3v) is 3.15. The van der Waals surface area contributed by atoms with Gasteiger partial charge in [0.2, 0.25) is 0 Å². The molecule has 2 nitrogen and oxygen atoms in total. The highest BCUT2D eigenvalue weighted by Crippen LogP contribution is 2.41. The summed E-state index contributed by atoms with van der Waals surface area (Å²) in [5, 5.41) is 10.6. The van der Waals surface area contributed by atoms with E-state index in [-0.39, 0.29) is 0 Å². The van der Waals surface area contributed by atoms with Gasteiger partial charge in [-0.1, -0.05) is 6.07 Å². The topological polar surface area (TPSA) is 29.5 Å². The van der Waals surface area contributed by atoms with Gasteiger partial charge >= 0.3 is 0 Å². The molecule has 0 aliphatic heterocycles. The van der Waals surface area contributed by atoms with Gasteiger partial charge in [-0.2, -0.15) is 0 Å². The Morgan fingerprint density at radius 1 is 1.43 bits per heavy atom. The first-order chi connectivity index (χ1) is 6.74. The van der Waals surface area contributed by atoms with Crippen molar-refractivity contribution in [1.29, 1.82) is 0 Å². The summed E-state index contributed by atoms with van der Waals surface area (Å²) in [5.74, 6) is 1.13. The first kappa shape index (κ1) is 9.34. The molecular formula is C11H12O2S. The maximum Gasteiger partial charge on any atom is 0.144 e. The highest BCUT2D eigenvalue weighted by atomic mass is 32.1. The van der Waals surface area contributed by atoms with Crippen molar-refractivity contribution in [1.82, 2.24) is 0 Å². The Bertz CT molecular complexity index is 460. The van der Waals surface area contributed by atoms with Crippen molar-refractivity contribution in [3.05, 3.63) is 23.1 Å². The number of phenolic OH excluding ortho intramolecular Hbond substituents is 1. The summed E-state index contributed by atoms with van der Waals surface area (Å²) in [6.07, 6.45) is 0. The maximum absolute atomic E-state index is 9.72. The number of hydrogen-bond donors (Lipinski definition) is 1. The zero-order valence-corrected chi connectivity index (χ0v) is 9.02. The van der Waals surface area contributed by atoms with Gasteiger partial charge < -0.3 is 9.84 Å². The largest absolute Gasteiger partial charge is 0.507 e. The number of fused-ring (bicyclic) bond motifs is 1. The van der Waals surface area contributed by atoms with Crippen LogP contribution in [0.4, 0.5) is 0 Å². The van der Waals surface area contributed by atoms with Crippen molar-refractivity contribution in [3.63, 3.8) is 0 Å². The van der Waals surface area contributed by atoms with E-state index in [4.69, 9.17) is 4.74 Å². The van der Waals surface area contributed by atoms with Crippen LogP contribution in [0.15, 0.2) is 18.2 Å². The Morgan fingerprint density at radius 2 is 2.21 bits per heavy atom. The van der Waals surface area contributed by atoms with Crippen LogP contribution < -0.4 is 4.74 Å². The van der Waals surface area contributed by atoms with Gasteiger partial charge in [-0.3, -0.25) is 0 Å². The third kappa shape index (κ3) is 1.34. The Labute approximate surface area is 86.8 Å². The molecule has 0 amide bonds. The zero-order chi connectivity index (χ0) is 10.1. The van der Waals surface area contributed by atoms with Crippen LogP contribution in [0.3, 0.4) is 0 Å². The van der Waals surface area contributed by atoms with Gasteiger partial charge in [-0.25, -0.2) is 0 Å². The summed E-state index contributed by atoms with van der Waals surface area (Å²) in [6, 6.07) is 5.54. The van der Waals surface area contributed by atoms with Crippen LogP contribution in [0.5, 0.6) is 11.5 Å². The number of rotatable bonds is 2. The predicted molar refractivity (Wildman–Crippen MR) is 59.4 cm³/mol. The van der Waals surface area contributed by atoms with Gasteiger partial charge in [0.25, 0.3) is 0 Å². The van der Waals surface area contributed by atoms with Crippen molar-refractivity contribution in [2.24, 2.45) is 0 Å². The Morgan fingerprint density at radius 3 is 2.93 bits per heavy atom. The van der Waals surface area contributed by atoms with Gasteiger partial charge in [-0.15, -0.1) is 11.3 Å². The Kier molecular flexibility index (Phi) is 2.33. The summed E-state index contributed by atoms with van der Waals surface area (Å²) in [7, 11) is 0. The zero-order valence-electron chi connectivity index (χ0n) is 8.20. The molecule has 1 N–H and O–H groups in total. The molecule has 0 aliphatic carbocycles. The second-order valence-corrected chi connectivity index (χ2v) is 4.33. The molecule has 0 saturated heterocycles. The van der Waals surface area contributed by atoms with Crippen molar-refractivity contribution >= 4 is 21.4 Å². The molecule has 0 aliphatic rings. The average molecular weight is 208 g/mol. The molecule has 0 saturated carbocycles. The van der Waals surface area contributed by atoms with Crippen LogP contribution in [-0.4, -0.2) is 11.7 Å². The molecule has 0 fully saturated rings. The van der Waals surface area contributed by atoms with E-state index in [1.165, 1.54) is 0 Å². The van der Waals surface area contributed by atoms with E-state index in [0.29, 0.717) is 12.4 Å². The van der Waals surface area contributed by atoms with Crippen LogP contribution >= 0.6 is 11.3 Å². The second-order valence-electron chi connectivity index (χ2n) is 3.07. The van der Waals surface area contributed by atoms with E-state index in [0.717, 1.165) is 20.7 Å². The third-order valence-electron chi connectivity index (χ3n) is 2.10. The molecule has 1 heterocycles. The van der Waals surface area contributed by atoms with Crippen molar-refractivity contribution < 1.29 is 9.84 Å². The van der Waals surface area contributed by atoms with Gasteiger partial charge in [-0.05, 0) is 26.0 Å². The Hall–Kier alpha value is -1.22.